The third-order valence-corrected chi connectivity index (χ3v) is 6.99. The third kappa shape index (κ3) is 3.15. The van der Waals surface area contributed by atoms with Gasteiger partial charge in [-0.15, -0.1) is 0 Å². The van der Waals surface area contributed by atoms with E-state index in [9.17, 15) is 8.78 Å². The highest BCUT2D eigenvalue weighted by Gasteiger charge is 2.51. The molecule has 0 aromatic heterocycles. The van der Waals surface area contributed by atoms with Gasteiger partial charge in [-0.2, -0.15) is 0 Å². The molecule has 3 aromatic rings. The van der Waals surface area contributed by atoms with Crippen molar-refractivity contribution in [1.82, 2.24) is 0 Å². The average molecular weight is 449 g/mol. The molecular weight excluding hydrogens is 424 g/mol. The molecule has 3 aliphatic rings. The molecule has 3 aliphatic heterocycles. The Kier molecular flexibility index (Phi) is 4.71. The van der Waals surface area contributed by atoms with Crippen LogP contribution in [0.5, 0.6) is 17.2 Å². The Morgan fingerprint density at radius 1 is 0.909 bits per heavy atom. The van der Waals surface area contributed by atoms with Gasteiger partial charge in [0.15, 0.2) is 11.5 Å². The fourth-order valence-electron chi connectivity index (χ4n) is 5.53. The van der Waals surface area contributed by atoms with E-state index in [0.29, 0.717) is 23.7 Å². The number of anilines is 1. The van der Waals surface area contributed by atoms with Gasteiger partial charge in [0.05, 0.1) is 5.41 Å². The molecule has 1 unspecified atom stereocenters. The van der Waals surface area contributed by atoms with E-state index in [1.807, 2.05) is 24.3 Å². The second-order valence-corrected chi connectivity index (χ2v) is 9.06. The molecule has 33 heavy (non-hydrogen) atoms. The molecule has 0 amide bonds. The van der Waals surface area contributed by atoms with E-state index in [1.165, 1.54) is 12.1 Å². The number of halogens is 2. The van der Waals surface area contributed by atoms with Gasteiger partial charge >= 0.3 is 0 Å². The Balaban J connectivity index is 1.55. The molecule has 0 radical (unpaired) electrons. The van der Waals surface area contributed by atoms with Gasteiger partial charge in [0.1, 0.15) is 24.0 Å². The summed E-state index contributed by atoms with van der Waals surface area (Å²) in [6.07, 6.45) is 3.38. The smallest absolute Gasteiger partial charge is 0.231 e. The number of nitrogens with zero attached hydrogens (tertiary/aromatic N) is 1. The topological polar surface area (TPSA) is 30.9 Å². The van der Waals surface area contributed by atoms with Crippen molar-refractivity contribution in [2.75, 3.05) is 31.4 Å². The maximum Gasteiger partial charge on any atom is 0.231 e. The standard InChI is InChI=1S/C27H25F2NO3/c1-2-3-4-8-30-14-27(15-31-23-13-25-24(12-21(23)27)32-16-33-25)26-20(6-5-7-22(26)30)17-9-18(28)11-19(29)10-17/h5-7,9-13H,2-4,8,14-16H2,1H3. The summed E-state index contributed by atoms with van der Waals surface area (Å²) in [5.74, 6) is 1.01. The minimum atomic E-state index is -0.583. The molecule has 4 nitrogen and oxygen atoms in total. The number of unbranched alkanes of at least 4 members (excludes halogenated alkanes) is 2. The number of ether oxygens (including phenoxy) is 3. The van der Waals surface area contributed by atoms with Crippen molar-refractivity contribution in [3.05, 3.63) is 71.3 Å². The van der Waals surface area contributed by atoms with E-state index >= 15 is 0 Å². The van der Waals surface area contributed by atoms with Gasteiger partial charge in [-0.1, -0.05) is 31.9 Å². The Bertz CT molecular complexity index is 1220. The molecule has 3 heterocycles. The van der Waals surface area contributed by atoms with Gasteiger partial charge in [-0.05, 0) is 47.4 Å². The van der Waals surface area contributed by atoms with Gasteiger partial charge in [-0.3, -0.25) is 0 Å². The molecule has 1 atom stereocenters. The van der Waals surface area contributed by atoms with Crippen LogP contribution < -0.4 is 19.1 Å². The summed E-state index contributed by atoms with van der Waals surface area (Å²) in [6, 6.07) is 13.7. The van der Waals surface area contributed by atoms with Crippen molar-refractivity contribution in [3.63, 3.8) is 0 Å². The summed E-state index contributed by atoms with van der Waals surface area (Å²) in [5, 5.41) is 0. The summed E-state index contributed by atoms with van der Waals surface area (Å²) in [7, 11) is 0. The first kappa shape index (κ1) is 20.3. The van der Waals surface area contributed by atoms with Crippen LogP contribution >= 0.6 is 0 Å². The fourth-order valence-corrected chi connectivity index (χ4v) is 5.53. The minimum Gasteiger partial charge on any atom is -0.492 e. The zero-order chi connectivity index (χ0) is 22.6. The summed E-state index contributed by atoms with van der Waals surface area (Å²) >= 11 is 0. The van der Waals surface area contributed by atoms with Gasteiger partial charge in [-0.25, -0.2) is 8.78 Å². The van der Waals surface area contributed by atoms with Crippen molar-refractivity contribution in [3.8, 4) is 28.4 Å². The zero-order valence-corrected chi connectivity index (χ0v) is 18.5. The monoisotopic (exact) mass is 449 g/mol. The van der Waals surface area contributed by atoms with Crippen LogP contribution in [-0.2, 0) is 5.41 Å². The molecule has 6 rings (SSSR count). The molecule has 0 saturated heterocycles. The van der Waals surface area contributed by atoms with Crippen LogP contribution in [0.25, 0.3) is 11.1 Å². The molecule has 3 aromatic carbocycles. The third-order valence-electron chi connectivity index (χ3n) is 6.99. The van der Waals surface area contributed by atoms with Gasteiger partial charge in [0.25, 0.3) is 0 Å². The van der Waals surface area contributed by atoms with Crippen LogP contribution in [0.15, 0.2) is 48.5 Å². The molecule has 0 fully saturated rings. The predicted octanol–water partition coefficient (Wildman–Crippen LogP) is 6.05. The molecule has 6 heteroatoms. The van der Waals surface area contributed by atoms with E-state index in [-0.39, 0.29) is 6.79 Å². The quantitative estimate of drug-likeness (QED) is 0.444. The van der Waals surface area contributed by atoms with E-state index in [4.69, 9.17) is 14.2 Å². The van der Waals surface area contributed by atoms with Crippen molar-refractivity contribution in [2.45, 2.75) is 31.6 Å². The van der Waals surface area contributed by atoms with Crippen LogP contribution in [0.3, 0.4) is 0 Å². The molecule has 0 aliphatic carbocycles. The first-order chi connectivity index (χ1) is 16.1. The molecule has 0 bridgehead atoms. The van der Waals surface area contributed by atoms with Crippen molar-refractivity contribution >= 4 is 5.69 Å². The zero-order valence-electron chi connectivity index (χ0n) is 18.5. The second kappa shape index (κ2) is 7.65. The highest BCUT2D eigenvalue weighted by atomic mass is 19.1. The Hall–Kier alpha value is -3.28. The maximum absolute atomic E-state index is 14.2. The van der Waals surface area contributed by atoms with E-state index in [2.05, 4.69) is 17.9 Å². The van der Waals surface area contributed by atoms with Gasteiger partial charge in [0.2, 0.25) is 6.79 Å². The van der Waals surface area contributed by atoms with Crippen LogP contribution in [0, 0.1) is 11.6 Å². The normalized spacial score (nSPS) is 19.7. The lowest BCUT2D eigenvalue weighted by Gasteiger charge is -2.26. The van der Waals surface area contributed by atoms with E-state index in [1.54, 1.807) is 0 Å². The fraction of sp³-hybridized carbons (Fsp3) is 0.333. The predicted molar refractivity (Wildman–Crippen MR) is 122 cm³/mol. The van der Waals surface area contributed by atoms with Crippen molar-refractivity contribution < 1.29 is 23.0 Å². The van der Waals surface area contributed by atoms with Gasteiger partial charge in [0, 0.05) is 36.5 Å². The number of fused-ring (bicyclic) bond motifs is 5. The molecule has 0 saturated carbocycles. The van der Waals surface area contributed by atoms with Crippen molar-refractivity contribution in [1.29, 1.82) is 0 Å². The minimum absolute atomic E-state index is 0.193. The van der Waals surface area contributed by atoms with Gasteiger partial charge < -0.3 is 19.1 Å². The SMILES string of the molecule is CCCCCN1CC2(COc3cc4c(cc32)OCO4)c2c(-c3cc(F)cc(F)c3)cccc21. The number of hydrogen-bond acceptors (Lipinski definition) is 4. The van der Waals surface area contributed by atoms with E-state index < -0.39 is 17.0 Å². The Morgan fingerprint density at radius 2 is 1.70 bits per heavy atom. The largest absolute Gasteiger partial charge is 0.492 e. The summed E-state index contributed by atoms with van der Waals surface area (Å²) in [5.41, 5.74) is 4.10. The van der Waals surface area contributed by atoms with Crippen LogP contribution in [0.2, 0.25) is 0 Å². The molecule has 1 spiro atoms. The second-order valence-electron chi connectivity index (χ2n) is 9.06. The lowest BCUT2D eigenvalue weighted by molar-refractivity contribution is 0.173. The van der Waals surface area contributed by atoms with Crippen LogP contribution in [0.1, 0.15) is 37.3 Å². The molecule has 0 N–H and O–H groups in total. The maximum atomic E-state index is 14.2. The Morgan fingerprint density at radius 3 is 2.48 bits per heavy atom. The summed E-state index contributed by atoms with van der Waals surface area (Å²) in [4.78, 5) is 2.40. The number of rotatable bonds is 5. The Labute approximate surface area is 191 Å². The summed E-state index contributed by atoms with van der Waals surface area (Å²) in [6.45, 7) is 4.51. The first-order valence-corrected chi connectivity index (χ1v) is 11.5. The molecular formula is C27H25F2NO3. The first-order valence-electron chi connectivity index (χ1n) is 11.5. The van der Waals surface area contributed by atoms with E-state index in [0.717, 1.165) is 66.5 Å². The highest BCUT2D eigenvalue weighted by Crippen LogP contribution is 2.56. The highest BCUT2D eigenvalue weighted by molar-refractivity contribution is 5.82. The van der Waals surface area contributed by atoms with Crippen LogP contribution in [0.4, 0.5) is 14.5 Å². The lowest BCUT2D eigenvalue weighted by Crippen LogP contribution is -2.36. The lowest BCUT2D eigenvalue weighted by atomic mass is 9.74. The number of hydrogen-bond donors (Lipinski definition) is 0. The molecule has 170 valence electrons. The van der Waals surface area contributed by atoms with Crippen LogP contribution in [-0.4, -0.2) is 26.5 Å². The average Bonchev–Trinajstić information content (AvgIpc) is 3.49. The number of benzene rings is 3. The summed E-state index contributed by atoms with van der Waals surface area (Å²) < 4.78 is 45.9. The van der Waals surface area contributed by atoms with Crippen molar-refractivity contribution in [2.24, 2.45) is 0 Å².